The molecule has 2 aromatic rings. The molecule has 1 amide bonds. The van der Waals surface area contributed by atoms with Crippen LogP contribution in [0.2, 0.25) is 0 Å². The van der Waals surface area contributed by atoms with Crippen molar-refractivity contribution in [3.8, 4) is 0 Å². The monoisotopic (exact) mass is 248 g/mol. The molecule has 0 aliphatic carbocycles. The molecule has 2 rings (SSSR count). The summed E-state index contributed by atoms with van der Waals surface area (Å²) >= 11 is 0. The van der Waals surface area contributed by atoms with Gasteiger partial charge in [-0.15, -0.1) is 0 Å². The Bertz CT molecular complexity index is 560. The number of benzene rings is 1. The van der Waals surface area contributed by atoms with Gasteiger partial charge in [0.2, 0.25) is 0 Å². The van der Waals surface area contributed by atoms with Crippen molar-refractivity contribution in [1.82, 2.24) is 5.43 Å². The number of furan rings is 1. The van der Waals surface area contributed by atoms with Gasteiger partial charge in [-0.2, -0.15) is 0 Å². The number of carbonyl (C=O) groups is 1. The Morgan fingerprint density at radius 1 is 1.44 bits per heavy atom. The summed E-state index contributed by atoms with van der Waals surface area (Å²) in [4.78, 5) is 11.7. The maximum Gasteiger partial charge on any atom is 0.301 e. The Balaban J connectivity index is 2.47. The molecule has 0 fully saturated rings. The molecule has 5 nitrogen and oxygen atoms in total. The predicted octanol–water partition coefficient (Wildman–Crippen LogP) is 1.96. The number of nitrogens with one attached hydrogen (secondary N) is 1. The summed E-state index contributed by atoms with van der Waals surface area (Å²) < 4.78 is 11.1. The third-order valence-corrected chi connectivity index (χ3v) is 2.60. The van der Waals surface area contributed by atoms with Crippen LogP contribution in [0, 0.1) is 0 Å². The second kappa shape index (κ2) is 5.20. The highest BCUT2D eigenvalue weighted by molar-refractivity contribution is 5.98. The molecular formula is C13H16N2O3. The largest absolute Gasteiger partial charge is 0.450 e. The summed E-state index contributed by atoms with van der Waals surface area (Å²) in [6, 6.07) is 7.44. The van der Waals surface area contributed by atoms with Crippen LogP contribution in [0.15, 0.2) is 28.7 Å². The van der Waals surface area contributed by atoms with Crippen LogP contribution >= 0.6 is 0 Å². The molecular weight excluding hydrogens is 232 g/mol. The Labute approximate surface area is 105 Å². The van der Waals surface area contributed by atoms with Crippen molar-refractivity contribution in [2.75, 3.05) is 0 Å². The zero-order valence-corrected chi connectivity index (χ0v) is 10.4. The van der Waals surface area contributed by atoms with Gasteiger partial charge >= 0.3 is 5.91 Å². The molecule has 3 N–H and O–H groups in total. The molecule has 1 aromatic heterocycles. The van der Waals surface area contributed by atoms with Crippen molar-refractivity contribution < 1.29 is 13.9 Å². The quantitative estimate of drug-likeness (QED) is 0.492. The number of rotatable bonds is 4. The number of fused-ring (bicyclic) bond motifs is 1. The number of nitrogen functional groups attached to an aromatic ring is 1. The van der Waals surface area contributed by atoms with Gasteiger partial charge in [0.15, 0.2) is 5.76 Å². The fourth-order valence-corrected chi connectivity index (χ4v) is 1.74. The smallest absolute Gasteiger partial charge is 0.301 e. The summed E-state index contributed by atoms with van der Waals surface area (Å²) in [7, 11) is 0. The van der Waals surface area contributed by atoms with Gasteiger partial charge in [0, 0.05) is 10.9 Å². The third kappa shape index (κ3) is 2.37. The average molecular weight is 248 g/mol. The number of hydrogen-bond donors (Lipinski definition) is 2. The van der Waals surface area contributed by atoms with E-state index in [0.29, 0.717) is 12.2 Å². The molecule has 18 heavy (non-hydrogen) atoms. The lowest BCUT2D eigenvalue weighted by atomic mass is 10.1. The number of hydrogen-bond acceptors (Lipinski definition) is 4. The highest BCUT2D eigenvalue weighted by Gasteiger charge is 2.19. The van der Waals surface area contributed by atoms with Crippen LogP contribution in [0.5, 0.6) is 0 Å². The zero-order valence-electron chi connectivity index (χ0n) is 10.4. The maximum absolute atomic E-state index is 11.7. The standard InChI is InChI=1S/C13H16N2O3/c1-8(2)17-7-10-9-5-3-4-6-11(9)18-12(10)13(16)15-14/h3-6,8H,7,14H2,1-2H3,(H,15,16). The summed E-state index contributed by atoms with van der Waals surface area (Å²) in [5.74, 6) is 4.91. The summed E-state index contributed by atoms with van der Waals surface area (Å²) in [6.45, 7) is 4.19. The SMILES string of the molecule is CC(C)OCc1c(C(=O)NN)oc2ccccc12. The van der Waals surface area contributed by atoms with Crippen LogP contribution in [0.4, 0.5) is 0 Å². The van der Waals surface area contributed by atoms with E-state index < -0.39 is 5.91 Å². The highest BCUT2D eigenvalue weighted by Crippen LogP contribution is 2.26. The van der Waals surface area contributed by atoms with E-state index in [1.54, 1.807) is 0 Å². The molecule has 0 aliphatic rings. The molecule has 1 aromatic carbocycles. The highest BCUT2D eigenvalue weighted by atomic mass is 16.5. The summed E-state index contributed by atoms with van der Waals surface area (Å²) in [6.07, 6.45) is 0.0763. The third-order valence-electron chi connectivity index (χ3n) is 2.60. The molecule has 1 heterocycles. The first-order chi connectivity index (χ1) is 8.63. The van der Waals surface area contributed by atoms with Crippen LogP contribution in [-0.4, -0.2) is 12.0 Å². The van der Waals surface area contributed by atoms with Crippen molar-refractivity contribution >= 4 is 16.9 Å². The van der Waals surface area contributed by atoms with Gasteiger partial charge in [-0.3, -0.25) is 10.2 Å². The van der Waals surface area contributed by atoms with E-state index in [0.717, 1.165) is 10.9 Å². The van der Waals surface area contributed by atoms with Gasteiger partial charge in [-0.25, -0.2) is 5.84 Å². The molecule has 0 saturated carbocycles. The van der Waals surface area contributed by atoms with Crippen molar-refractivity contribution in [1.29, 1.82) is 0 Å². The normalized spacial score (nSPS) is 11.1. The van der Waals surface area contributed by atoms with Gasteiger partial charge in [-0.05, 0) is 19.9 Å². The van der Waals surface area contributed by atoms with Crippen LogP contribution in [0.1, 0.15) is 30.0 Å². The van der Waals surface area contributed by atoms with E-state index in [-0.39, 0.29) is 11.9 Å². The summed E-state index contributed by atoms with van der Waals surface area (Å²) in [5, 5.41) is 0.872. The predicted molar refractivity (Wildman–Crippen MR) is 67.8 cm³/mol. The maximum atomic E-state index is 11.7. The first-order valence-corrected chi connectivity index (χ1v) is 5.76. The average Bonchev–Trinajstić information content (AvgIpc) is 2.74. The zero-order chi connectivity index (χ0) is 13.1. The second-order valence-corrected chi connectivity index (χ2v) is 4.24. The first kappa shape index (κ1) is 12.6. The van der Waals surface area contributed by atoms with Crippen molar-refractivity contribution in [2.45, 2.75) is 26.6 Å². The lowest BCUT2D eigenvalue weighted by Crippen LogP contribution is -2.30. The van der Waals surface area contributed by atoms with Crippen molar-refractivity contribution in [2.24, 2.45) is 5.84 Å². The minimum absolute atomic E-state index is 0.0763. The minimum atomic E-state index is -0.450. The molecule has 0 radical (unpaired) electrons. The van der Waals surface area contributed by atoms with E-state index in [2.05, 4.69) is 5.43 Å². The van der Waals surface area contributed by atoms with Gasteiger partial charge in [-0.1, -0.05) is 18.2 Å². The fourth-order valence-electron chi connectivity index (χ4n) is 1.74. The number of ether oxygens (including phenoxy) is 1. The molecule has 96 valence electrons. The van der Waals surface area contributed by atoms with Gasteiger partial charge in [0.25, 0.3) is 0 Å². The fraction of sp³-hybridized carbons (Fsp3) is 0.308. The van der Waals surface area contributed by atoms with Gasteiger partial charge in [0.05, 0.1) is 12.7 Å². The summed E-state index contributed by atoms with van der Waals surface area (Å²) in [5.41, 5.74) is 3.46. The lowest BCUT2D eigenvalue weighted by molar-refractivity contribution is 0.0643. The van der Waals surface area contributed by atoms with E-state index in [1.807, 2.05) is 38.1 Å². The van der Waals surface area contributed by atoms with Gasteiger partial charge in [0.1, 0.15) is 5.58 Å². The number of para-hydroxylation sites is 1. The van der Waals surface area contributed by atoms with E-state index in [9.17, 15) is 4.79 Å². The first-order valence-electron chi connectivity index (χ1n) is 5.76. The molecule has 0 aliphatic heterocycles. The molecule has 0 spiro atoms. The Kier molecular flexibility index (Phi) is 3.64. The van der Waals surface area contributed by atoms with Crippen LogP contribution in [0.3, 0.4) is 0 Å². The number of hydrazine groups is 1. The number of amides is 1. The second-order valence-electron chi connectivity index (χ2n) is 4.24. The van der Waals surface area contributed by atoms with E-state index >= 15 is 0 Å². The van der Waals surface area contributed by atoms with E-state index in [1.165, 1.54) is 0 Å². The van der Waals surface area contributed by atoms with Gasteiger partial charge < -0.3 is 9.15 Å². The minimum Gasteiger partial charge on any atom is -0.450 e. The topological polar surface area (TPSA) is 77.5 Å². The van der Waals surface area contributed by atoms with Crippen molar-refractivity contribution in [3.05, 3.63) is 35.6 Å². The van der Waals surface area contributed by atoms with Crippen LogP contribution in [0.25, 0.3) is 11.0 Å². The lowest BCUT2D eigenvalue weighted by Gasteiger charge is -2.07. The molecule has 0 unspecified atom stereocenters. The Morgan fingerprint density at radius 3 is 2.83 bits per heavy atom. The van der Waals surface area contributed by atoms with Crippen molar-refractivity contribution in [3.63, 3.8) is 0 Å². The van der Waals surface area contributed by atoms with Crippen LogP contribution in [-0.2, 0) is 11.3 Å². The van der Waals surface area contributed by atoms with Crippen LogP contribution < -0.4 is 11.3 Å². The molecule has 0 bridgehead atoms. The van der Waals surface area contributed by atoms with E-state index in [4.69, 9.17) is 15.0 Å². The molecule has 0 atom stereocenters. The Morgan fingerprint density at radius 2 is 2.17 bits per heavy atom. The number of nitrogens with two attached hydrogens (primary N) is 1. The molecule has 5 heteroatoms. The Hall–Kier alpha value is -1.85. The number of carbonyl (C=O) groups excluding carboxylic acids is 1. The molecule has 0 saturated heterocycles.